The first kappa shape index (κ1) is 18.7. The van der Waals surface area contributed by atoms with Gasteiger partial charge in [-0.25, -0.2) is 0 Å². The third kappa shape index (κ3) is 6.21. The molecule has 0 aromatic heterocycles. The molecule has 1 aromatic carbocycles. The zero-order chi connectivity index (χ0) is 14.9. The minimum atomic E-state index is 0. The van der Waals surface area contributed by atoms with Crippen LogP contribution in [-0.2, 0) is 11.3 Å². The number of rotatable bonds is 4. The third-order valence-corrected chi connectivity index (χ3v) is 3.64. The quantitative estimate of drug-likeness (QED) is 0.449. The van der Waals surface area contributed by atoms with Crippen molar-refractivity contribution in [1.29, 1.82) is 0 Å². The highest BCUT2D eigenvalue weighted by Gasteiger charge is 2.16. The number of likely N-dealkylation sites (tertiary alicyclic amines) is 1. The Bertz CT molecular complexity index is 472. The molecule has 1 aliphatic heterocycles. The molecular formula is C16H25IN4O. The van der Waals surface area contributed by atoms with Gasteiger partial charge in [-0.2, -0.15) is 0 Å². The van der Waals surface area contributed by atoms with Gasteiger partial charge < -0.3 is 15.5 Å². The van der Waals surface area contributed by atoms with Gasteiger partial charge in [-0.15, -0.1) is 24.0 Å². The molecule has 6 heteroatoms. The maximum atomic E-state index is 12.1. The summed E-state index contributed by atoms with van der Waals surface area (Å²) < 4.78 is 0. The van der Waals surface area contributed by atoms with Gasteiger partial charge in [0.05, 0.1) is 6.54 Å². The van der Waals surface area contributed by atoms with Crippen LogP contribution in [0.5, 0.6) is 0 Å². The molecule has 0 bridgehead atoms. The summed E-state index contributed by atoms with van der Waals surface area (Å²) in [5, 5.41) is 6.30. The summed E-state index contributed by atoms with van der Waals surface area (Å²) in [5.41, 5.74) is 1.18. The first-order chi connectivity index (χ1) is 10.3. The first-order valence-corrected chi connectivity index (χ1v) is 7.56. The van der Waals surface area contributed by atoms with Crippen molar-refractivity contribution in [2.75, 3.05) is 26.7 Å². The average molecular weight is 416 g/mol. The fraction of sp³-hybridized carbons (Fsp3) is 0.500. The van der Waals surface area contributed by atoms with Crippen LogP contribution in [0.15, 0.2) is 35.3 Å². The summed E-state index contributed by atoms with van der Waals surface area (Å²) in [6.45, 7) is 2.76. The first-order valence-electron chi connectivity index (χ1n) is 7.56. The molecule has 1 aromatic rings. The summed E-state index contributed by atoms with van der Waals surface area (Å²) >= 11 is 0. The van der Waals surface area contributed by atoms with Crippen LogP contribution in [0.4, 0.5) is 0 Å². The fourth-order valence-electron chi connectivity index (χ4n) is 2.42. The highest BCUT2D eigenvalue weighted by atomic mass is 127. The van der Waals surface area contributed by atoms with Crippen molar-refractivity contribution in [1.82, 2.24) is 15.5 Å². The molecule has 2 rings (SSSR count). The summed E-state index contributed by atoms with van der Waals surface area (Å²) in [7, 11) is 1.71. The Morgan fingerprint density at radius 3 is 2.45 bits per heavy atom. The Balaban J connectivity index is 0.00000242. The number of nitrogens with zero attached hydrogens (tertiary/aromatic N) is 2. The number of amides is 1. The smallest absolute Gasteiger partial charge is 0.241 e. The van der Waals surface area contributed by atoms with E-state index in [4.69, 9.17) is 0 Å². The largest absolute Gasteiger partial charge is 0.352 e. The molecule has 5 nitrogen and oxygen atoms in total. The summed E-state index contributed by atoms with van der Waals surface area (Å²) in [6, 6.07) is 10.1. The van der Waals surface area contributed by atoms with E-state index in [1.165, 1.54) is 12.0 Å². The zero-order valence-electron chi connectivity index (χ0n) is 13.0. The molecule has 2 N–H and O–H groups in total. The van der Waals surface area contributed by atoms with E-state index in [1.807, 2.05) is 23.1 Å². The van der Waals surface area contributed by atoms with Gasteiger partial charge >= 0.3 is 0 Å². The van der Waals surface area contributed by atoms with Crippen LogP contribution in [-0.4, -0.2) is 43.4 Å². The third-order valence-electron chi connectivity index (χ3n) is 3.64. The Labute approximate surface area is 149 Å². The van der Waals surface area contributed by atoms with E-state index in [1.54, 1.807) is 7.05 Å². The zero-order valence-corrected chi connectivity index (χ0v) is 15.4. The van der Waals surface area contributed by atoms with E-state index in [-0.39, 0.29) is 29.9 Å². The lowest BCUT2D eigenvalue weighted by Crippen LogP contribution is -2.45. The summed E-state index contributed by atoms with van der Waals surface area (Å²) in [6.07, 6.45) is 3.47. The maximum absolute atomic E-state index is 12.1. The van der Waals surface area contributed by atoms with Crippen LogP contribution >= 0.6 is 24.0 Å². The molecule has 122 valence electrons. The predicted octanol–water partition coefficient (Wildman–Crippen LogP) is 1.98. The molecule has 1 saturated heterocycles. The highest BCUT2D eigenvalue weighted by Crippen LogP contribution is 2.08. The number of carbonyl (C=O) groups excluding carboxylic acids is 1. The molecule has 1 heterocycles. The Morgan fingerprint density at radius 2 is 1.82 bits per heavy atom. The number of guanidine groups is 1. The topological polar surface area (TPSA) is 56.7 Å². The Morgan fingerprint density at radius 1 is 1.14 bits per heavy atom. The molecule has 1 aliphatic rings. The second kappa shape index (κ2) is 10.4. The average Bonchev–Trinajstić information content (AvgIpc) is 2.56. The second-order valence-electron chi connectivity index (χ2n) is 5.21. The number of hydrogen-bond acceptors (Lipinski definition) is 2. The van der Waals surface area contributed by atoms with Gasteiger partial charge in [-0.1, -0.05) is 30.3 Å². The van der Waals surface area contributed by atoms with Crippen molar-refractivity contribution in [2.45, 2.75) is 25.8 Å². The van der Waals surface area contributed by atoms with E-state index in [0.717, 1.165) is 25.9 Å². The molecule has 1 fully saturated rings. The number of piperidine rings is 1. The van der Waals surface area contributed by atoms with Crippen molar-refractivity contribution >= 4 is 35.8 Å². The normalized spacial score (nSPS) is 15.0. The second-order valence-corrected chi connectivity index (χ2v) is 5.21. The number of hydrogen-bond donors (Lipinski definition) is 2. The number of halogens is 1. The van der Waals surface area contributed by atoms with Gasteiger partial charge in [0.25, 0.3) is 0 Å². The highest BCUT2D eigenvalue weighted by molar-refractivity contribution is 14.0. The molecule has 0 saturated carbocycles. The van der Waals surface area contributed by atoms with Crippen molar-refractivity contribution in [3.63, 3.8) is 0 Å². The van der Waals surface area contributed by atoms with Gasteiger partial charge in [-0.05, 0) is 24.8 Å². The van der Waals surface area contributed by atoms with Crippen molar-refractivity contribution in [2.24, 2.45) is 4.99 Å². The van der Waals surface area contributed by atoms with Crippen LogP contribution in [0.2, 0.25) is 0 Å². The van der Waals surface area contributed by atoms with Crippen LogP contribution in [0.1, 0.15) is 24.8 Å². The van der Waals surface area contributed by atoms with Crippen LogP contribution in [0.3, 0.4) is 0 Å². The minimum absolute atomic E-state index is 0. The fourth-order valence-corrected chi connectivity index (χ4v) is 2.42. The minimum Gasteiger partial charge on any atom is -0.352 e. The van der Waals surface area contributed by atoms with Crippen LogP contribution in [0, 0.1) is 0 Å². The lowest BCUT2D eigenvalue weighted by atomic mass is 10.1. The van der Waals surface area contributed by atoms with Crippen molar-refractivity contribution < 1.29 is 4.79 Å². The molecule has 22 heavy (non-hydrogen) atoms. The van der Waals surface area contributed by atoms with E-state index in [0.29, 0.717) is 19.0 Å². The molecule has 1 amide bonds. The number of benzene rings is 1. The Kier molecular flexibility index (Phi) is 8.88. The molecule has 0 unspecified atom stereocenters. The lowest BCUT2D eigenvalue weighted by molar-refractivity contribution is -0.130. The van der Waals surface area contributed by atoms with Crippen LogP contribution < -0.4 is 10.6 Å². The molecule has 0 spiro atoms. The Hall–Kier alpha value is -1.31. The molecule has 0 atom stereocenters. The summed E-state index contributed by atoms with van der Waals surface area (Å²) in [4.78, 5) is 18.1. The van der Waals surface area contributed by atoms with E-state index in [2.05, 4.69) is 27.8 Å². The standard InChI is InChI=1S/C16H24N4O.HI/c1-17-16(18-12-14-8-4-2-5-9-14)19-13-15(21)20-10-6-3-7-11-20;/h2,4-5,8-9H,3,6-7,10-13H2,1H3,(H2,17,18,19);1H. The van der Waals surface area contributed by atoms with Gasteiger partial charge in [0.15, 0.2) is 5.96 Å². The predicted molar refractivity (Wildman–Crippen MR) is 100 cm³/mol. The summed E-state index contributed by atoms with van der Waals surface area (Å²) in [5.74, 6) is 0.807. The van der Waals surface area contributed by atoms with Gasteiger partial charge in [0.2, 0.25) is 5.91 Å². The molecule has 0 aliphatic carbocycles. The number of aliphatic imine (C=N–C) groups is 1. The van der Waals surface area contributed by atoms with Crippen molar-refractivity contribution in [3.8, 4) is 0 Å². The van der Waals surface area contributed by atoms with Gasteiger partial charge in [0, 0.05) is 26.7 Å². The van der Waals surface area contributed by atoms with Gasteiger partial charge in [-0.3, -0.25) is 9.79 Å². The maximum Gasteiger partial charge on any atom is 0.241 e. The molecule has 0 radical (unpaired) electrons. The van der Waals surface area contributed by atoms with E-state index < -0.39 is 0 Å². The lowest BCUT2D eigenvalue weighted by Gasteiger charge is -2.27. The monoisotopic (exact) mass is 416 g/mol. The van der Waals surface area contributed by atoms with Gasteiger partial charge in [0.1, 0.15) is 0 Å². The number of nitrogens with one attached hydrogen (secondary N) is 2. The van der Waals surface area contributed by atoms with E-state index >= 15 is 0 Å². The van der Waals surface area contributed by atoms with Crippen molar-refractivity contribution in [3.05, 3.63) is 35.9 Å². The van der Waals surface area contributed by atoms with E-state index in [9.17, 15) is 4.79 Å². The SMILES string of the molecule is CN=C(NCC(=O)N1CCCCC1)NCc1ccccc1.I. The number of carbonyl (C=O) groups is 1. The molecular weight excluding hydrogens is 391 g/mol. The van der Waals surface area contributed by atoms with Crippen LogP contribution in [0.25, 0.3) is 0 Å².